The highest BCUT2D eigenvalue weighted by atomic mass is 16.5. The van der Waals surface area contributed by atoms with Crippen LogP contribution in [0.15, 0.2) is 29.1 Å². The van der Waals surface area contributed by atoms with E-state index in [9.17, 15) is 20.0 Å². The van der Waals surface area contributed by atoms with E-state index in [0.717, 1.165) is 35.8 Å². The summed E-state index contributed by atoms with van der Waals surface area (Å²) in [6, 6.07) is 9.30. The monoisotopic (exact) mass is 396 g/mol. The molecular weight excluding hydrogens is 368 g/mol. The van der Waals surface area contributed by atoms with E-state index < -0.39 is 17.2 Å². The number of rotatable bonds is 10. The number of ether oxygens (including phenoxy) is 1. The van der Waals surface area contributed by atoms with Crippen LogP contribution in [0.25, 0.3) is 0 Å². The summed E-state index contributed by atoms with van der Waals surface area (Å²) in [5, 5.41) is 20.0. The van der Waals surface area contributed by atoms with E-state index in [2.05, 4.69) is 13.8 Å². The van der Waals surface area contributed by atoms with Crippen LogP contribution in [0.3, 0.4) is 0 Å². The number of ketones is 1. The van der Waals surface area contributed by atoms with Crippen molar-refractivity contribution in [3.63, 3.8) is 0 Å². The second-order valence-corrected chi connectivity index (χ2v) is 7.04. The van der Waals surface area contributed by atoms with Gasteiger partial charge in [-0.2, -0.15) is 5.26 Å². The molecule has 0 amide bonds. The summed E-state index contributed by atoms with van der Waals surface area (Å²) >= 11 is 0. The molecule has 0 bridgehead atoms. The predicted octanol–water partition coefficient (Wildman–Crippen LogP) is 4.14. The molecule has 0 spiro atoms. The maximum Gasteiger partial charge on any atom is 0.271 e. The van der Waals surface area contributed by atoms with Gasteiger partial charge in [0.1, 0.15) is 17.4 Å². The fraction of sp³-hybridized carbons (Fsp3) is 0.435. The Labute approximate surface area is 171 Å². The molecule has 1 aromatic carbocycles. The number of benzene rings is 1. The minimum absolute atomic E-state index is 0.0261. The number of carbonyl (C=O) groups excluding carboxylic acids is 1. The molecule has 154 valence electrons. The van der Waals surface area contributed by atoms with E-state index in [1.54, 1.807) is 12.1 Å². The number of aromatic hydroxyl groups is 1. The fourth-order valence-electron chi connectivity index (χ4n) is 3.23. The second-order valence-electron chi connectivity index (χ2n) is 7.04. The Bertz CT molecular complexity index is 953. The van der Waals surface area contributed by atoms with Crippen molar-refractivity contribution in [3.05, 3.63) is 56.9 Å². The van der Waals surface area contributed by atoms with Crippen LogP contribution in [0.1, 0.15) is 66.6 Å². The maximum atomic E-state index is 12.8. The normalized spacial score (nSPS) is 10.6. The van der Waals surface area contributed by atoms with E-state index in [-0.39, 0.29) is 29.8 Å². The zero-order chi connectivity index (χ0) is 21.4. The van der Waals surface area contributed by atoms with Gasteiger partial charge in [0.25, 0.3) is 5.56 Å². The number of unbranched alkanes of at least 4 members (excludes halogenated alkanes) is 3. The number of hydrogen-bond acceptors (Lipinski definition) is 5. The lowest BCUT2D eigenvalue weighted by atomic mass is 10.0. The molecule has 2 aromatic rings. The van der Waals surface area contributed by atoms with Crippen molar-refractivity contribution in [1.82, 2.24) is 4.57 Å². The Hall–Kier alpha value is -3.07. The van der Waals surface area contributed by atoms with E-state index in [1.807, 2.05) is 18.2 Å². The van der Waals surface area contributed by atoms with Crippen LogP contribution in [0, 0.1) is 18.3 Å². The van der Waals surface area contributed by atoms with Crippen molar-refractivity contribution in [1.29, 1.82) is 5.26 Å². The van der Waals surface area contributed by atoms with Crippen LogP contribution >= 0.6 is 0 Å². The summed E-state index contributed by atoms with van der Waals surface area (Å²) in [7, 11) is 0. The number of aromatic nitrogens is 1. The quantitative estimate of drug-likeness (QED) is 0.481. The minimum atomic E-state index is -0.563. The van der Waals surface area contributed by atoms with Crippen LogP contribution in [-0.2, 0) is 13.0 Å². The summed E-state index contributed by atoms with van der Waals surface area (Å²) in [5.74, 6) is -0.322. The lowest BCUT2D eigenvalue weighted by molar-refractivity contribution is 0.0916. The van der Waals surface area contributed by atoms with Crippen molar-refractivity contribution in [3.8, 4) is 17.7 Å². The molecule has 6 heteroatoms. The summed E-state index contributed by atoms with van der Waals surface area (Å²) in [6.07, 6.45) is 4.55. The Balaban J connectivity index is 2.28. The smallest absolute Gasteiger partial charge is 0.271 e. The standard InChI is InChI=1S/C23H28N2O4/c1-4-6-7-8-13-25-22(27)19(14-24)16(3)21(23(25)28)20(26)15-29-18-11-9-17(5-2)10-12-18/h9-12,28H,4-8,13,15H2,1-3H3. The van der Waals surface area contributed by atoms with Gasteiger partial charge in [0.15, 0.2) is 6.61 Å². The first kappa shape index (κ1) is 22.2. The molecule has 1 aromatic heterocycles. The zero-order valence-corrected chi connectivity index (χ0v) is 17.3. The van der Waals surface area contributed by atoms with Crippen molar-refractivity contribution in [2.45, 2.75) is 59.4 Å². The first-order valence-corrected chi connectivity index (χ1v) is 10.1. The van der Waals surface area contributed by atoms with Crippen LogP contribution in [0.5, 0.6) is 11.6 Å². The average Bonchev–Trinajstić information content (AvgIpc) is 2.72. The molecule has 1 N–H and O–H groups in total. The summed E-state index contributed by atoms with van der Waals surface area (Å²) in [6.45, 7) is 5.60. The van der Waals surface area contributed by atoms with E-state index in [4.69, 9.17) is 4.74 Å². The van der Waals surface area contributed by atoms with E-state index in [0.29, 0.717) is 12.2 Å². The maximum absolute atomic E-state index is 12.8. The second kappa shape index (κ2) is 10.5. The van der Waals surface area contributed by atoms with Crippen LogP contribution < -0.4 is 10.3 Å². The summed E-state index contributed by atoms with van der Waals surface area (Å²) in [5.41, 5.74) is 0.642. The van der Waals surface area contributed by atoms with Gasteiger partial charge in [-0.3, -0.25) is 14.2 Å². The topological polar surface area (TPSA) is 92.3 Å². The van der Waals surface area contributed by atoms with Crippen LogP contribution in [0.2, 0.25) is 0 Å². The molecule has 0 aliphatic rings. The number of nitrogens with zero attached hydrogens (tertiary/aromatic N) is 2. The van der Waals surface area contributed by atoms with Crippen molar-refractivity contribution >= 4 is 5.78 Å². The number of pyridine rings is 1. The van der Waals surface area contributed by atoms with Crippen molar-refractivity contribution in [2.24, 2.45) is 0 Å². The molecule has 0 aliphatic heterocycles. The molecule has 29 heavy (non-hydrogen) atoms. The van der Waals surface area contributed by atoms with Gasteiger partial charge in [0.2, 0.25) is 11.7 Å². The van der Waals surface area contributed by atoms with Gasteiger partial charge in [-0.1, -0.05) is 45.2 Å². The molecule has 0 radical (unpaired) electrons. The van der Waals surface area contributed by atoms with Crippen molar-refractivity contribution in [2.75, 3.05) is 6.61 Å². The molecule has 0 fully saturated rings. The third-order valence-electron chi connectivity index (χ3n) is 5.02. The SMILES string of the molecule is CCCCCCn1c(O)c(C(=O)COc2ccc(CC)cc2)c(C)c(C#N)c1=O. The van der Waals surface area contributed by atoms with Gasteiger partial charge >= 0.3 is 0 Å². The number of carbonyl (C=O) groups is 1. The molecule has 1 heterocycles. The highest BCUT2D eigenvalue weighted by Gasteiger charge is 2.24. The average molecular weight is 396 g/mol. The Morgan fingerprint density at radius 1 is 1.17 bits per heavy atom. The van der Waals surface area contributed by atoms with Gasteiger partial charge in [0.05, 0.1) is 5.56 Å². The highest BCUT2D eigenvalue weighted by molar-refractivity contribution is 6.01. The van der Waals surface area contributed by atoms with Gasteiger partial charge in [0, 0.05) is 6.54 Å². The van der Waals surface area contributed by atoms with Crippen LogP contribution in [0.4, 0.5) is 0 Å². The molecule has 0 saturated heterocycles. The van der Waals surface area contributed by atoms with Gasteiger partial charge in [-0.05, 0) is 43.0 Å². The Morgan fingerprint density at radius 2 is 1.86 bits per heavy atom. The minimum Gasteiger partial charge on any atom is -0.494 e. The van der Waals surface area contributed by atoms with E-state index in [1.165, 1.54) is 6.92 Å². The van der Waals surface area contributed by atoms with Gasteiger partial charge in [-0.15, -0.1) is 0 Å². The molecule has 0 saturated carbocycles. The third kappa shape index (κ3) is 5.26. The summed E-state index contributed by atoms with van der Waals surface area (Å²) in [4.78, 5) is 25.3. The number of Topliss-reactive ketones (excluding diaryl/α,β-unsaturated/α-hetero) is 1. The van der Waals surface area contributed by atoms with Crippen LogP contribution in [-0.4, -0.2) is 22.1 Å². The van der Waals surface area contributed by atoms with Gasteiger partial charge < -0.3 is 9.84 Å². The number of nitriles is 1. The third-order valence-corrected chi connectivity index (χ3v) is 5.02. The highest BCUT2D eigenvalue weighted by Crippen LogP contribution is 2.23. The Morgan fingerprint density at radius 3 is 2.45 bits per heavy atom. The largest absolute Gasteiger partial charge is 0.494 e. The summed E-state index contributed by atoms with van der Waals surface area (Å²) < 4.78 is 6.69. The molecule has 0 aliphatic carbocycles. The molecule has 0 unspecified atom stereocenters. The van der Waals surface area contributed by atoms with Crippen molar-refractivity contribution < 1.29 is 14.6 Å². The number of aryl methyl sites for hydroxylation is 1. The first-order chi connectivity index (χ1) is 13.9. The Kier molecular flexibility index (Phi) is 8.02. The molecule has 2 rings (SSSR count). The van der Waals surface area contributed by atoms with Gasteiger partial charge in [-0.25, -0.2) is 0 Å². The zero-order valence-electron chi connectivity index (χ0n) is 17.3. The fourth-order valence-corrected chi connectivity index (χ4v) is 3.23. The molecule has 6 nitrogen and oxygen atoms in total. The molecule has 0 atom stereocenters. The lowest BCUT2D eigenvalue weighted by Crippen LogP contribution is -2.27. The number of hydrogen-bond donors (Lipinski definition) is 1. The van der Waals surface area contributed by atoms with E-state index >= 15 is 0 Å². The molecular formula is C23H28N2O4. The first-order valence-electron chi connectivity index (χ1n) is 10.1. The lowest BCUT2D eigenvalue weighted by Gasteiger charge is -2.16. The predicted molar refractivity (Wildman–Crippen MR) is 112 cm³/mol.